The molecule has 1 aliphatic rings. The molecule has 2 nitrogen and oxygen atoms in total. The molecule has 0 aromatic carbocycles. The van der Waals surface area contributed by atoms with E-state index in [2.05, 4.69) is 13.8 Å². The van der Waals surface area contributed by atoms with E-state index in [1.54, 1.807) is 0 Å². The van der Waals surface area contributed by atoms with Crippen molar-refractivity contribution in [2.75, 3.05) is 6.61 Å². The predicted octanol–water partition coefficient (Wildman–Crippen LogP) is 2.91. The Morgan fingerprint density at radius 1 is 1.46 bits per heavy atom. The average Bonchev–Trinajstić information content (AvgIpc) is 2.18. The number of cyclic esters (lactones) is 1. The van der Waals surface area contributed by atoms with E-state index in [0.717, 1.165) is 12.8 Å². The summed E-state index contributed by atoms with van der Waals surface area (Å²) in [5.74, 6) is -0.0134. The second-order valence-electron chi connectivity index (χ2n) is 4.12. The van der Waals surface area contributed by atoms with E-state index in [9.17, 15) is 4.79 Å². The van der Waals surface area contributed by atoms with Gasteiger partial charge in [0.25, 0.3) is 0 Å². The zero-order valence-corrected chi connectivity index (χ0v) is 8.77. The molecule has 0 aromatic rings. The van der Waals surface area contributed by atoms with Crippen LogP contribution in [0.25, 0.3) is 0 Å². The van der Waals surface area contributed by atoms with Crippen molar-refractivity contribution < 1.29 is 9.53 Å². The van der Waals surface area contributed by atoms with Crippen molar-refractivity contribution in [2.45, 2.75) is 52.4 Å². The SMILES string of the molecule is CCCC[C@@]1(CC)CCC(=O)OC1. The van der Waals surface area contributed by atoms with Crippen molar-refractivity contribution >= 4 is 5.97 Å². The van der Waals surface area contributed by atoms with E-state index < -0.39 is 0 Å². The predicted molar refractivity (Wildman–Crippen MR) is 52.4 cm³/mol. The van der Waals surface area contributed by atoms with Gasteiger partial charge in [-0.3, -0.25) is 4.79 Å². The Bertz CT molecular complexity index is 165. The lowest BCUT2D eigenvalue weighted by Crippen LogP contribution is -2.33. The Hall–Kier alpha value is -0.530. The fourth-order valence-corrected chi connectivity index (χ4v) is 1.95. The normalized spacial score (nSPS) is 28.6. The highest BCUT2D eigenvalue weighted by Gasteiger charge is 2.33. The summed E-state index contributed by atoms with van der Waals surface area (Å²) >= 11 is 0. The molecule has 1 saturated heterocycles. The largest absolute Gasteiger partial charge is 0.465 e. The van der Waals surface area contributed by atoms with E-state index in [4.69, 9.17) is 4.74 Å². The lowest BCUT2D eigenvalue weighted by Gasteiger charge is -2.35. The van der Waals surface area contributed by atoms with E-state index >= 15 is 0 Å². The fourth-order valence-electron chi connectivity index (χ4n) is 1.95. The van der Waals surface area contributed by atoms with Gasteiger partial charge in [0.05, 0.1) is 6.61 Å². The molecule has 0 aliphatic carbocycles. The van der Waals surface area contributed by atoms with Crippen LogP contribution in [0.15, 0.2) is 0 Å². The Balaban J connectivity index is 2.44. The number of ether oxygens (including phenoxy) is 1. The molecule has 0 spiro atoms. The fraction of sp³-hybridized carbons (Fsp3) is 0.909. The van der Waals surface area contributed by atoms with Gasteiger partial charge in [0.2, 0.25) is 0 Å². The van der Waals surface area contributed by atoms with Gasteiger partial charge in [-0.05, 0) is 19.3 Å². The second-order valence-corrected chi connectivity index (χ2v) is 4.12. The van der Waals surface area contributed by atoms with Gasteiger partial charge in [0.15, 0.2) is 0 Å². The summed E-state index contributed by atoms with van der Waals surface area (Å²) < 4.78 is 5.14. The molecule has 0 bridgehead atoms. The minimum atomic E-state index is -0.0134. The Labute approximate surface area is 80.7 Å². The number of unbranched alkanes of at least 4 members (excludes halogenated alkanes) is 1. The average molecular weight is 184 g/mol. The van der Waals surface area contributed by atoms with Crippen molar-refractivity contribution in [1.29, 1.82) is 0 Å². The molecule has 1 atom stereocenters. The summed E-state index contributed by atoms with van der Waals surface area (Å²) in [5, 5.41) is 0. The third kappa shape index (κ3) is 2.71. The number of hydrogen-bond donors (Lipinski definition) is 0. The van der Waals surface area contributed by atoms with Gasteiger partial charge in [0, 0.05) is 11.8 Å². The molecule has 13 heavy (non-hydrogen) atoms. The van der Waals surface area contributed by atoms with Crippen molar-refractivity contribution in [3.05, 3.63) is 0 Å². The highest BCUT2D eigenvalue weighted by molar-refractivity contribution is 5.70. The monoisotopic (exact) mass is 184 g/mol. The van der Waals surface area contributed by atoms with Crippen LogP contribution in [0.3, 0.4) is 0 Å². The maximum Gasteiger partial charge on any atom is 0.305 e. The lowest BCUT2D eigenvalue weighted by molar-refractivity contribution is -0.155. The molecule has 1 fully saturated rings. The highest BCUT2D eigenvalue weighted by Crippen LogP contribution is 2.37. The topological polar surface area (TPSA) is 26.3 Å². The number of carbonyl (C=O) groups is 1. The number of carbonyl (C=O) groups excluding carboxylic acids is 1. The van der Waals surface area contributed by atoms with Crippen LogP contribution < -0.4 is 0 Å². The highest BCUT2D eigenvalue weighted by atomic mass is 16.5. The first-order valence-electron chi connectivity index (χ1n) is 5.38. The van der Waals surface area contributed by atoms with Crippen LogP contribution in [0.1, 0.15) is 52.4 Å². The van der Waals surface area contributed by atoms with Crippen LogP contribution in [-0.2, 0) is 9.53 Å². The maximum absolute atomic E-state index is 10.9. The quantitative estimate of drug-likeness (QED) is 0.628. The van der Waals surface area contributed by atoms with Crippen LogP contribution >= 0.6 is 0 Å². The van der Waals surface area contributed by atoms with Gasteiger partial charge in [-0.1, -0.05) is 26.7 Å². The van der Waals surface area contributed by atoms with Gasteiger partial charge in [-0.15, -0.1) is 0 Å². The van der Waals surface area contributed by atoms with Crippen LogP contribution in [0.5, 0.6) is 0 Å². The molecule has 0 N–H and O–H groups in total. The molecular formula is C11H20O2. The van der Waals surface area contributed by atoms with Crippen LogP contribution in [0, 0.1) is 5.41 Å². The van der Waals surface area contributed by atoms with E-state index in [0.29, 0.717) is 18.4 Å². The van der Waals surface area contributed by atoms with Crippen LogP contribution in [0.2, 0.25) is 0 Å². The molecule has 0 amide bonds. The standard InChI is InChI=1S/C11H20O2/c1-3-5-7-11(4-2)8-6-10(12)13-9-11/h3-9H2,1-2H3/t11-/m0/s1. The van der Waals surface area contributed by atoms with Gasteiger partial charge in [-0.25, -0.2) is 0 Å². The molecule has 1 rings (SSSR count). The van der Waals surface area contributed by atoms with Gasteiger partial charge < -0.3 is 4.74 Å². The maximum atomic E-state index is 10.9. The summed E-state index contributed by atoms with van der Waals surface area (Å²) in [5.41, 5.74) is 0.309. The van der Waals surface area contributed by atoms with Crippen molar-refractivity contribution in [3.63, 3.8) is 0 Å². The van der Waals surface area contributed by atoms with E-state index in [1.807, 2.05) is 0 Å². The van der Waals surface area contributed by atoms with Crippen LogP contribution in [0.4, 0.5) is 0 Å². The first-order valence-corrected chi connectivity index (χ1v) is 5.38. The molecule has 0 radical (unpaired) electrons. The van der Waals surface area contributed by atoms with Gasteiger partial charge in [-0.2, -0.15) is 0 Å². The molecule has 0 saturated carbocycles. The third-order valence-corrected chi connectivity index (χ3v) is 3.21. The summed E-state index contributed by atoms with van der Waals surface area (Å²) in [6.45, 7) is 5.06. The van der Waals surface area contributed by atoms with Gasteiger partial charge >= 0.3 is 5.97 Å². The van der Waals surface area contributed by atoms with Crippen molar-refractivity contribution in [1.82, 2.24) is 0 Å². The Kier molecular flexibility index (Phi) is 3.76. The molecule has 0 unspecified atom stereocenters. The van der Waals surface area contributed by atoms with E-state index in [1.165, 1.54) is 19.3 Å². The molecule has 0 aromatic heterocycles. The number of rotatable bonds is 4. The molecule has 1 heterocycles. The summed E-state index contributed by atoms with van der Waals surface area (Å²) in [6.07, 6.45) is 6.49. The Morgan fingerprint density at radius 3 is 2.69 bits per heavy atom. The number of hydrogen-bond acceptors (Lipinski definition) is 2. The zero-order valence-electron chi connectivity index (χ0n) is 8.77. The lowest BCUT2D eigenvalue weighted by atomic mass is 9.76. The second kappa shape index (κ2) is 4.64. The molecule has 76 valence electrons. The minimum Gasteiger partial charge on any atom is -0.465 e. The summed E-state index contributed by atoms with van der Waals surface area (Å²) in [7, 11) is 0. The molecule has 1 aliphatic heterocycles. The number of esters is 1. The molecule has 2 heteroatoms. The summed E-state index contributed by atoms with van der Waals surface area (Å²) in [6, 6.07) is 0. The third-order valence-electron chi connectivity index (χ3n) is 3.21. The van der Waals surface area contributed by atoms with Crippen molar-refractivity contribution in [3.8, 4) is 0 Å². The zero-order chi connectivity index (χ0) is 9.73. The first-order chi connectivity index (χ1) is 6.22. The Morgan fingerprint density at radius 2 is 2.23 bits per heavy atom. The smallest absolute Gasteiger partial charge is 0.305 e. The van der Waals surface area contributed by atoms with Crippen LogP contribution in [-0.4, -0.2) is 12.6 Å². The summed E-state index contributed by atoms with van der Waals surface area (Å²) in [4.78, 5) is 10.9. The van der Waals surface area contributed by atoms with Gasteiger partial charge in [0.1, 0.15) is 0 Å². The first kappa shape index (κ1) is 10.6. The van der Waals surface area contributed by atoms with E-state index in [-0.39, 0.29) is 5.97 Å². The molecular weight excluding hydrogens is 164 g/mol. The minimum absolute atomic E-state index is 0.0134. The van der Waals surface area contributed by atoms with Crippen molar-refractivity contribution in [2.24, 2.45) is 5.41 Å².